The zero-order chi connectivity index (χ0) is 17.4. The highest BCUT2D eigenvalue weighted by atomic mass is 16.6. The van der Waals surface area contributed by atoms with Crippen LogP contribution in [0.2, 0.25) is 0 Å². The zero-order valence-electron chi connectivity index (χ0n) is 15.0. The summed E-state index contributed by atoms with van der Waals surface area (Å²) in [6, 6.07) is 3.99. The number of nitrogens with one attached hydrogen (secondary N) is 1. The lowest BCUT2D eigenvalue weighted by atomic mass is 9.55. The van der Waals surface area contributed by atoms with Crippen LogP contribution in [0.15, 0.2) is 36.7 Å². The lowest BCUT2D eigenvalue weighted by Crippen LogP contribution is -2.45. The number of pyridine rings is 1. The molecule has 5 atom stereocenters. The van der Waals surface area contributed by atoms with Gasteiger partial charge in [-0.05, 0) is 55.1 Å². The molecule has 0 spiro atoms. The Labute approximate surface area is 150 Å². The van der Waals surface area contributed by atoms with Crippen molar-refractivity contribution in [3.05, 3.63) is 42.2 Å². The molecule has 2 unspecified atom stereocenters. The highest BCUT2D eigenvalue weighted by Gasteiger charge is 2.54. The van der Waals surface area contributed by atoms with E-state index in [2.05, 4.69) is 23.8 Å². The summed E-state index contributed by atoms with van der Waals surface area (Å²) in [6.07, 6.45) is 9.42. The van der Waals surface area contributed by atoms with Gasteiger partial charge >= 0.3 is 5.97 Å². The van der Waals surface area contributed by atoms with Crippen molar-refractivity contribution in [3.8, 4) is 0 Å². The van der Waals surface area contributed by atoms with Crippen LogP contribution in [0.4, 0.5) is 0 Å². The van der Waals surface area contributed by atoms with E-state index in [0.717, 1.165) is 31.4 Å². The van der Waals surface area contributed by atoms with Crippen LogP contribution in [0, 0.1) is 23.2 Å². The van der Waals surface area contributed by atoms with Crippen LogP contribution in [-0.2, 0) is 16.1 Å². The Kier molecular flexibility index (Phi) is 4.40. The second-order valence-corrected chi connectivity index (χ2v) is 8.40. The van der Waals surface area contributed by atoms with E-state index < -0.39 is 0 Å². The minimum atomic E-state index is -0.0269. The molecule has 2 aliphatic carbocycles. The number of hydrogen-bond donors (Lipinski definition) is 1. The van der Waals surface area contributed by atoms with Crippen LogP contribution in [0.5, 0.6) is 0 Å². The van der Waals surface area contributed by atoms with E-state index in [1.54, 1.807) is 6.20 Å². The molecule has 4 rings (SSSR count). The molecule has 0 aromatic carbocycles. The lowest BCUT2D eigenvalue weighted by molar-refractivity contribution is -0.146. The van der Waals surface area contributed by atoms with Gasteiger partial charge in [-0.3, -0.25) is 9.78 Å². The Bertz CT molecular complexity index is 659. The van der Waals surface area contributed by atoms with E-state index in [0.29, 0.717) is 18.4 Å². The predicted molar refractivity (Wildman–Crippen MR) is 96.6 cm³/mol. The minimum Gasteiger partial charge on any atom is -0.462 e. The van der Waals surface area contributed by atoms with Crippen molar-refractivity contribution in [2.45, 2.75) is 51.7 Å². The van der Waals surface area contributed by atoms with Gasteiger partial charge in [-0.2, -0.15) is 0 Å². The molecule has 0 radical (unpaired) electrons. The van der Waals surface area contributed by atoms with E-state index in [-0.39, 0.29) is 23.4 Å². The summed E-state index contributed by atoms with van der Waals surface area (Å²) in [7, 11) is 0. The van der Waals surface area contributed by atoms with Gasteiger partial charge < -0.3 is 10.1 Å². The van der Waals surface area contributed by atoms with Crippen molar-refractivity contribution >= 4 is 5.97 Å². The van der Waals surface area contributed by atoms with Crippen LogP contribution in [0.1, 0.15) is 44.6 Å². The van der Waals surface area contributed by atoms with Crippen LogP contribution < -0.4 is 5.32 Å². The monoisotopic (exact) mass is 340 g/mol. The third kappa shape index (κ3) is 3.12. The molecule has 2 saturated carbocycles. The number of ether oxygens (including phenoxy) is 1. The van der Waals surface area contributed by atoms with Crippen LogP contribution in [0.25, 0.3) is 0 Å². The zero-order valence-corrected chi connectivity index (χ0v) is 15.0. The fraction of sp³-hybridized carbons (Fsp3) is 0.619. The Morgan fingerprint density at radius 3 is 3.16 bits per heavy atom. The molecule has 0 amide bonds. The van der Waals surface area contributed by atoms with Gasteiger partial charge in [0.25, 0.3) is 0 Å². The first-order valence-corrected chi connectivity index (χ1v) is 9.54. The highest BCUT2D eigenvalue weighted by molar-refractivity contribution is 5.75. The number of nitrogens with zero attached hydrogens (tertiary/aromatic N) is 1. The van der Waals surface area contributed by atoms with Gasteiger partial charge in [0.15, 0.2) is 0 Å². The molecule has 4 heteroatoms. The molecular formula is C21H28N2O2. The van der Waals surface area contributed by atoms with Crippen molar-refractivity contribution in [2.24, 2.45) is 23.2 Å². The molecule has 1 aliphatic heterocycles. The SMILES string of the molecule is C=C1CCC[C@]2(C)C[C@H]3OC(=O)C(CNCc4cccnc4)[C@H]3CC12. The fourth-order valence-electron chi connectivity index (χ4n) is 5.36. The summed E-state index contributed by atoms with van der Waals surface area (Å²) in [5, 5.41) is 3.44. The quantitative estimate of drug-likeness (QED) is 0.673. The first-order valence-electron chi connectivity index (χ1n) is 9.54. The predicted octanol–water partition coefficient (Wildman–Crippen LogP) is 3.49. The minimum absolute atomic E-state index is 0.0125. The van der Waals surface area contributed by atoms with Gasteiger partial charge in [0.1, 0.15) is 6.10 Å². The normalized spacial score (nSPS) is 37.3. The number of allylic oxidation sites excluding steroid dienone is 1. The Balaban J connectivity index is 1.42. The standard InChI is InChI=1S/C21H28N2O2/c1-14-5-3-7-21(2)10-19-16(9-18(14)21)17(20(24)25-19)13-23-12-15-6-4-8-22-11-15/h4,6,8,11,16-19,23H,1,3,5,7,9-10,12-13H2,2H3/t16-,17?,18?,19-,21-/m1/s1. The van der Waals surface area contributed by atoms with Crippen molar-refractivity contribution in [2.75, 3.05) is 6.54 Å². The van der Waals surface area contributed by atoms with E-state index in [1.165, 1.54) is 18.4 Å². The molecule has 1 aromatic heterocycles. The number of aromatic nitrogens is 1. The molecule has 3 aliphatic rings. The number of fused-ring (bicyclic) bond motifs is 2. The second-order valence-electron chi connectivity index (χ2n) is 8.40. The molecule has 3 fully saturated rings. The smallest absolute Gasteiger partial charge is 0.310 e. The molecule has 2 heterocycles. The van der Waals surface area contributed by atoms with Gasteiger partial charge in [0, 0.05) is 31.4 Å². The van der Waals surface area contributed by atoms with E-state index in [4.69, 9.17) is 4.74 Å². The topological polar surface area (TPSA) is 51.2 Å². The van der Waals surface area contributed by atoms with Crippen LogP contribution >= 0.6 is 0 Å². The Morgan fingerprint density at radius 1 is 1.48 bits per heavy atom. The van der Waals surface area contributed by atoms with Crippen LogP contribution in [-0.4, -0.2) is 23.6 Å². The van der Waals surface area contributed by atoms with E-state index in [9.17, 15) is 4.79 Å². The third-order valence-electron chi connectivity index (χ3n) is 6.74. The largest absolute Gasteiger partial charge is 0.462 e. The first kappa shape index (κ1) is 16.8. The van der Waals surface area contributed by atoms with Crippen molar-refractivity contribution in [1.29, 1.82) is 0 Å². The summed E-state index contributed by atoms with van der Waals surface area (Å²) in [6.45, 7) is 8.15. The van der Waals surface area contributed by atoms with Gasteiger partial charge in [-0.1, -0.05) is 25.1 Å². The van der Waals surface area contributed by atoms with Gasteiger partial charge in [0.05, 0.1) is 5.92 Å². The number of carbonyl (C=O) groups excluding carboxylic acids is 1. The molecular weight excluding hydrogens is 312 g/mol. The second kappa shape index (κ2) is 6.56. The Hall–Kier alpha value is -1.68. The number of hydrogen-bond acceptors (Lipinski definition) is 4. The molecule has 0 bridgehead atoms. The summed E-state index contributed by atoms with van der Waals surface area (Å²) in [4.78, 5) is 16.6. The maximum Gasteiger partial charge on any atom is 0.310 e. The number of esters is 1. The molecule has 4 nitrogen and oxygen atoms in total. The van der Waals surface area contributed by atoms with Crippen molar-refractivity contribution < 1.29 is 9.53 Å². The first-order chi connectivity index (χ1) is 12.1. The van der Waals surface area contributed by atoms with Gasteiger partial charge in [0.2, 0.25) is 0 Å². The maximum absolute atomic E-state index is 12.5. The highest BCUT2D eigenvalue weighted by Crippen LogP contribution is 2.56. The average molecular weight is 340 g/mol. The summed E-state index contributed by atoms with van der Waals surface area (Å²) < 4.78 is 5.81. The summed E-state index contributed by atoms with van der Waals surface area (Å²) >= 11 is 0. The van der Waals surface area contributed by atoms with Gasteiger partial charge in [-0.15, -0.1) is 0 Å². The molecule has 1 aromatic rings. The van der Waals surface area contributed by atoms with Gasteiger partial charge in [-0.25, -0.2) is 0 Å². The average Bonchev–Trinajstić information content (AvgIpc) is 2.88. The molecule has 1 N–H and O–H groups in total. The molecule has 134 valence electrons. The molecule has 25 heavy (non-hydrogen) atoms. The summed E-state index contributed by atoms with van der Waals surface area (Å²) in [5.74, 6) is 0.849. The number of rotatable bonds is 4. The summed E-state index contributed by atoms with van der Waals surface area (Å²) in [5.41, 5.74) is 2.81. The van der Waals surface area contributed by atoms with Crippen molar-refractivity contribution in [3.63, 3.8) is 0 Å². The van der Waals surface area contributed by atoms with Crippen LogP contribution in [0.3, 0.4) is 0 Å². The lowest BCUT2D eigenvalue weighted by Gasteiger charge is -2.50. The number of carbonyl (C=O) groups is 1. The van der Waals surface area contributed by atoms with E-state index in [1.807, 2.05) is 18.3 Å². The maximum atomic E-state index is 12.5. The van der Waals surface area contributed by atoms with Crippen molar-refractivity contribution in [1.82, 2.24) is 10.3 Å². The fourth-order valence-corrected chi connectivity index (χ4v) is 5.36. The van der Waals surface area contributed by atoms with E-state index >= 15 is 0 Å². The third-order valence-corrected chi connectivity index (χ3v) is 6.74. The molecule has 1 saturated heterocycles. The Morgan fingerprint density at radius 2 is 2.36 bits per heavy atom.